The number of hydrogen-bond donors (Lipinski definition) is 0. The van der Waals surface area contributed by atoms with Crippen LogP contribution in [-0.2, 0) is 0 Å². The average Bonchev–Trinajstić information content (AvgIpc) is 2.05. The second-order valence-electron chi connectivity index (χ2n) is 2.78. The Hall–Kier alpha value is -1.04. The lowest BCUT2D eigenvalue weighted by Gasteiger charge is -1.89. The van der Waals surface area contributed by atoms with Gasteiger partial charge in [-0.2, -0.15) is 0 Å². The summed E-state index contributed by atoms with van der Waals surface area (Å²) in [4.78, 5) is 0. The van der Waals surface area contributed by atoms with Crippen LogP contribution in [0.1, 0.15) is 25.7 Å². The van der Waals surface area contributed by atoms with Crippen LogP contribution in [0, 0.1) is 6.08 Å². The second-order valence-corrected chi connectivity index (χ2v) is 2.78. The van der Waals surface area contributed by atoms with Crippen molar-refractivity contribution in [3.05, 3.63) is 48.6 Å². The molecule has 0 saturated heterocycles. The first kappa shape index (κ1) is 9.05. The Morgan fingerprint density at radius 3 is 2.75 bits per heavy atom. The van der Waals surface area contributed by atoms with Gasteiger partial charge in [0, 0.05) is 0 Å². The molecule has 0 aromatic rings. The van der Waals surface area contributed by atoms with Crippen molar-refractivity contribution in [2.24, 2.45) is 0 Å². The average molecular weight is 159 g/mol. The predicted molar refractivity (Wildman–Crippen MR) is 53.7 cm³/mol. The van der Waals surface area contributed by atoms with Crippen molar-refractivity contribution in [3.8, 4) is 0 Å². The second kappa shape index (κ2) is 6.66. The van der Waals surface area contributed by atoms with Gasteiger partial charge in [0.05, 0.1) is 0 Å². The summed E-state index contributed by atoms with van der Waals surface area (Å²) >= 11 is 0. The van der Waals surface area contributed by atoms with Crippen molar-refractivity contribution in [2.45, 2.75) is 25.7 Å². The molecule has 12 heavy (non-hydrogen) atoms. The molecule has 0 aliphatic heterocycles. The molecule has 0 spiro atoms. The van der Waals surface area contributed by atoms with Crippen LogP contribution in [0.2, 0.25) is 0 Å². The summed E-state index contributed by atoms with van der Waals surface area (Å²) in [5, 5.41) is 0. The highest BCUT2D eigenvalue weighted by molar-refractivity contribution is 5.07. The minimum atomic E-state index is 1.02. The first-order valence-corrected chi connectivity index (χ1v) is 4.53. The van der Waals surface area contributed by atoms with Crippen molar-refractivity contribution in [3.63, 3.8) is 0 Å². The first-order valence-electron chi connectivity index (χ1n) is 4.53. The van der Waals surface area contributed by atoms with E-state index in [9.17, 15) is 0 Å². The Bertz CT molecular complexity index is 182. The largest absolute Gasteiger partial charge is 0.0845 e. The first-order chi connectivity index (χ1) is 6.00. The highest BCUT2D eigenvalue weighted by Gasteiger charge is 1.80. The molecule has 0 aromatic carbocycles. The summed E-state index contributed by atoms with van der Waals surface area (Å²) < 4.78 is 0. The summed E-state index contributed by atoms with van der Waals surface area (Å²) in [6, 6.07) is 0. The minimum absolute atomic E-state index is 1.02. The van der Waals surface area contributed by atoms with Crippen LogP contribution in [0.5, 0.6) is 0 Å². The fourth-order valence-electron chi connectivity index (χ4n) is 1.03. The molecule has 0 saturated carbocycles. The van der Waals surface area contributed by atoms with E-state index in [4.69, 9.17) is 0 Å². The molecule has 0 unspecified atom stereocenters. The molecule has 1 rings (SSSR count). The number of hydrogen-bond acceptors (Lipinski definition) is 0. The van der Waals surface area contributed by atoms with E-state index in [-0.39, 0.29) is 0 Å². The van der Waals surface area contributed by atoms with E-state index >= 15 is 0 Å². The monoisotopic (exact) mass is 159 g/mol. The Balaban J connectivity index is 2.42. The molecule has 0 heterocycles. The summed E-state index contributed by atoms with van der Waals surface area (Å²) in [6.07, 6.45) is 22.5. The van der Waals surface area contributed by atoms with E-state index in [1.54, 1.807) is 0 Å². The topological polar surface area (TPSA) is 0 Å². The third-order valence-corrected chi connectivity index (χ3v) is 1.70. The normalized spacial score (nSPS) is 29.3. The standard InChI is InChI=1S/C12H15/c1-2-4-6-8-10-12-11-9-7-5-3-1/h1-4,7,9,11H,5-6,8,10H2/b3-1+,4-2-,9-7+,12-11?. The number of allylic oxidation sites excluding steroid dienone is 8. The van der Waals surface area contributed by atoms with Gasteiger partial charge in [0.2, 0.25) is 0 Å². The zero-order valence-electron chi connectivity index (χ0n) is 7.37. The molecular formula is C12H15. The van der Waals surface area contributed by atoms with Crippen molar-refractivity contribution < 1.29 is 0 Å². The van der Waals surface area contributed by atoms with Gasteiger partial charge in [-0.25, -0.2) is 0 Å². The number of rotatable bonds is 0. The molecule has 63 valence electrons. The zero-order chi connectivity index (χ0) is 8.49. The van der Waals surface area contributed by atoms with Gasteiger partial charge >= 0.3 is 0 Å². The third kappa shape index (κ3) is 4.73. The summed E-state index contributed by atoms with van der Waals surface area (Å²) in [5.41, 5.74) is 0. The molecular weight excluding hydrogens is 144 g/mol. The minimum Gasteiger partial charge on any atom is -0.0845 e. The van der Waals surface area contributed by atoms with Crippen LogP contribution < -0.4 is 0 Å². The van der Waals surface area contributed by atoms with E-state index in [0.29, 0.717) is 0 Å². The summed E-state index contributed by atoms with van der Waals surface area (Å²) in [5.74, 6) is 0. The maximum absolute atomic E-state index is 3.23. The van der Waals surface area contributed by atoms with Gasteiger partial charge in [0.1, 0.15) is 0 Å². The van der Waals surface area contributed by atoms with E-state index in [1.807, 2.05) is 6.08 Å². The van der Waals surface area contributed by atoms with Crippen LogP contribution in [0.25, 0.3) is 0 Å². The highest BCUT2D eigenvalue weighted by Crippen LogP contribution is 1.99. The molecule has 1 radical (unpaired) electrons. The van der Waals surface area contributed by atoms with Gasteiger partial charge in [-0.15, -0.1) is 0 Å². The Morgan fingerprint density at radius 1 is 0.917 bits per heavy atom. The molecule has 0 fully saturated rings. The predicted octanol–water partition coefficient (Wildman–Crippen LogP) is 3.59. The smallest absolute Gasteiger partial charge is 0.0163 e. The lowest BCUT2D eigenvalue weighted by Crippen LogP contribution is -1.70. The van der Waals surface area contributed by atoms with Gasteiger partial charge in [0.25, 0.3) is 0 Å². The van der Waals surface area contributed by atoms with Gasteiger partial charge in [-0.3, -0.25) is 0 Å². The maximum Gasteiger partial charge on any atom is -0.0163 e. The van der Waals surface area contributed by atoms with Crippen LogP contribution in [0.4, 0.5) is 0 Å². The Labute approximate surface area is 75.0 Å². The lowest BCUT2D eigenvalue weighted by molar-refractivity contribution is 0.854. The molecule has 0 aromatic heterocycles. The summed E-state index contributed by atoms with van der Waals surface area (Å²) in [7, 11) is 0. The van der Waals surface area contributed by atoms with Crippen molar-refractivity contribution in [1.82, 2.24) is 0 Å². The van der Waals surface area contributed by atoms with Crippen LogP contribution in [0.15, 0.2) is 42.5 Å². The SMILES string of the molecule is [C]1=C\C=C\C/C=C/C=C\CCC/1. The molecule has 0 bridgehead atoms. The van der Waals surface area contributed by atoms with Crippen LogP contribution in [0.3, 0.4) is 0 Å². The van der Waals surface area contributed by atoms with Gasteiger partial charge in [0.15, 0.2) is 0 Å². The summed E-state index contributed by atoms with van der Waals surface area (Å²) in [6.45, 7) is 0. The van der Waals surface area contributed by atoms with E-state index in [1.165, 1.54) is 6.42 Å². The molecule has 0 amide bonds. The van der Waals surface area contributed by atoms with Crippen LogP contribution in [-0.4, -0.2) is 0 Å². The molecule has 0 nitrogen and oxygen atoms in total. The molecule has 1 aliphatic rings. The molecule has 1 aliphatic carbocycles. The van der Waals surface area contributed by atoms with E-state index in [2.05, 4.69) is 42.5 Å². The molecule has 0 heteroatoms. The lowest BCUT2D eigenvalue weighted by atomic mass is 10.2. The third-order valence-electron chi connectivity index (χ3n) is 1.70. The molecule has 0 N–H and O–H groups in total. The van der Waals surface area contributed by atoms with Crippen molar-refractivity contribution in [2.75, 3.05) is 0 Å². The highest BCUT2D eigenvalue weighted by atomic mass is 13.9. The fourth-order valence-corrected chi connectivity index (χ4v) is 1.03. The van der Waals surface area contributed by atoms with Crippen molar-refractivity contribution >= 4 is 0 Å². The van der Waals surface area contributed by atoms with Crippen LogP contribution >= 0.6 is 0 Å². The van der Waals surface area contributed by atoms with Gasteiger partial charge < -0.3 is 0 Å². The van der Waals surface area contributed by atoms with Crippen molar-refractivity contribution in [1.29, 1.82) is 0 Å². The molecule has 0 atom stereocenters. The zero-order valence-corrected chi connectivity index (χ0v) is 7.37. The Kier molecular flexibility index (Phi) is 5.02. The maximum atomic E-state index is 3.23. The van der Waals surface area contributed by atoms with E-state index < -0.39 is 0 Å². The quantitative estimate of drug-likeness (QED) is 0.506. The Morgan fingerprint density at radius 2 is 1.75 bits per heavy atom. The van der Waals surface area contributed by atoms with Gasteiger partial charge in [-0.1, -0.05) is 42.5 Å². The fraction of sp³-hybridized carbons (Fsp3) is 0.333. The van der Waals surface area contributed by atoms with E-state index in [0.717, 1.165) is 19.3 Å². The van der Waals surface area contributed by atoms with Gasteiger partial charge in [-0.05, 0) is 31.8 Å².